The molecular weight excluding hydrogens is 366 g/mol. The second-order valence-corrected chi connectivity index (χ2v) is 7.92. The molecule has 0 saturated carbocycles. The van der Waals surface area contributed by atoms with Crippen LogP contribution in [0.4, 0.5) is 0 Å². The molecule has 0 fully saturated rings. The molecule has 0 bridgehead atoms. The Balaban J connectivity index is 1.58. The molecule has 0 aliphatic carbocycles. The van der Waals surface area contributed by atoms with Gasteiger partial charge in [0, 0.05) is 17.5 Å². The van der Waals surface area contributed by atoms with Crippen molar-refractivity contribution in [3.63, 3.8) is 0 Å². The summed E-state index contributed by atoms with van der Waals surface area (Å²) in [6.45, 7) is 2.73. The summed E-state index contributed by atoms with van der Waals surface area (Å²) in [5.41, 5.74) is 4.43. The number of benzene rings is 2. The maximum atomic E-state index is 12.5. The first-order valence-corrected chi connectivity index (χ1v) is 10.5. The van der Waals surface area contributed by atoms with Crippen LogP contribution in [0.15, 0.2) is 60.0 Å². The van der Waals surface area contributed by atoms with Crippen LogP contribution >= 0.6 is 11.3 Å². The third-order valence-corrected chi connectivity index (χ3v) is 5.74. The summed E-state index contributed by atoms with van der Waals surface area (Å²) in [6.07, 6.45) is 1.33. The highest BCUT2D eigenvalue weighted by Gasteiger charge is 2.16. The lowest BCUT2D eigenvalue weighted by molar-refractivity contribution is -0.120. The zero-order valence-corrected chi connectivity index (χ0v) is 17.5. The number of hydrogen-bond acceptors (Lipinski definition) is 4. The molecule has 1 aromatic heterocycles. The number of rotatable bonds is 8. The van der Waals surface area contributed by atoms with Gasteiger partial charge in [0.25, 0.3) is 0 Å². The summed E-state index contributed by atoms with van der Waals surface area (Å²) in [4.78, 5) is 19.2. The van der Waals surface area contributed by atoms with E-state index in [1.54, 1.807) is 11.3 Å². The highest BCUT2D eigenvalue weighted by molar-refractivity contribution is 7.13. The van der Waals surface area contributed by atoms with Crippen molar-refractivity contribution >= 4 is 17.2 Å². The molecule has 4 nitrogen and oxygen atoms in total. The van der Waals surface area contributed by atoms with Crippen molar-refractivity contribution in [3.8, 4) is 10.6 Å². The van der Waals surface area contributed by atoms with E-state index < -0.39 is 0 Å². The fraction of sp³-hybridized carbons (Fsp3) is 0.304. The Labute approximate surface area is 171 Å². The van der Waals surface area contributed by atoms with Gasteiger partial charge in [-0.25, -0.2) is 4.98 Å². The average Bonchev–Trinajstić information content (AvgIpc) is 3.17. The zero-order valence-electron chi connectivity index (χ0n) is 16.7. The van der Waals surface area contributed by atoms with Gasteiger partial charge in [-0.15, -0.1) is 11.3 Å². The SMILES string of the molecule is CCc1ccc(C(CNC(=O)Cc2csc(-c3ccccc3)n2)N(C)C)cc1. The lowest BCUT2D eigenvalue weighted by Gasteiger charge is -2.25. The second kappa shape index (κ2) is 9.62. The number of hydrogen-bond donors (Lipinski definition) is 1. The molecular formula is C23H27N3OS. The summed E-state index contributed by atoms with van der Waals surface area (Å²) < 4.78 is 0. The number of likely N-dealkylation sites (N-methyl/N-ethyl adjacent to an activating group) is 1. The van der Waals surface area contributed by atoms with Crippen LogP contribution in [-0.2, 0) is 17.6 Å². The standard InChI is InChI=1S/C23H27N3OS/c1-4-17-10-12-18(13-11-17)21(26(2)3)15-24-22(27)14-20-16-28-23(25-20)19-8-6-5-7-9-19/h5-13,16,21H,4,14-15H2,1-3H3,(H,24,27). The van der Waals surface area contributed by atoms with Crippen molar-refractivity contribution in [1.82, 2.24) is 15.2 Å². The van der Waals surface area contributed by atoms with E-state index >= 15 is 0 Å². The highest BCUT2D eigenvalue weighted by atomic mass is 32.1. The van der Waals surface area contributed by atoms with Gasteiger partial charge in [-0.1, -0.05) is 61.5 Å². The van der Waals surface area contributed by atoms with Crippen molar-refractivity contribution in [3.05, 3.63) is 76.8 Å². The van der Waals surface area contributed by atoms with E-state index in [4.69, 9.17) is 0 Å². The smallest absolute Gasteiger partial charge is 0.226 e. The van der Waals surface area contributed by atoms with Gasteiger partial charge in [0.15, 0.2) is 0 Å². The Hall–Kier alpha value is -2.50. The molecule has 1 amide bonds. The molecule has 28 heavy (non-hydrogen) atoms. The van der Waals surface area contributed by atoms with E-state index in [0.717, 1.165) is 22.7 Å². The first kappa shape index (κ1) is 20.2. The fourth-order valence-corrected chi connectivity index (χ4v) is 3.94. The molecule has 0 aliphatic heterocycles. The number of nitrogens with one attached hydrogen (secondary N) is 1. The largest absolute Gasteiger partial charge is 0.354 e. The van der Waals surface area contributed by atoms with Crippen LogP contribution in [-0.4, -0.2) is 36.4 Å². The van der Waals surface area contributed by atoms with Crippen LogP contribution < -0.4 is 5.32 Å². The molecule has 2 aromatic carbocycles. The van der Waals surface area contributed by atoms with Crippen molar-refractivity contribution < 1.29 is 4.79 Å². The van der Waals surface area contributed by atoms with Crippen LogP contribution in [0.5, 0.6) is 0 Å². The van der Waals surface area contributed by atoms with Crippen molar-refractivity contribution in [2.75, 3.05) is 20.6 Å². The second-order valence-electron chi connectivity index (χ2n) is 7.07. The molecule has 1 unspecified atom stereocenters. The Morgan fingerprint density at radius 3 is 2.46 bits per heavy atom. The normalized spacial score (nSPS) is 12.1. The lowest BCUT2D eigenvalue weighted by Crippen LogP contribution is -2.35. The summed E-state index contributed by atoms with van der Waals surface area (Å²) in [5.74, 6) is 0.00180. The van der Waals surface area contributed by atoms with Crippen LogP contribution in [0.2, 0.25) is 0 Å². The average molecular weight is 394 g/mol. The van der Waals surface area contributed by atoms with Gasteiger partial charge in [0.1, 0.15) is 5.01 Å². The number of carbonyl (C=O) groups excluding carboxylic acids is 1. The van der Waals surface area contributed by atoms with E-state index in [1.807, 2.05) is 49.8 Å². The van der Waals surface area contributed by atoms with Crippen molar-refractivity contribution in [2.24, 2.45) is 0 Å². The first-order chi connectivity index (χ1) is 13.6. The zero-order chi connectivity index (χ0) is 19.9. The molecule has 0 saturated heterocycles. The maximum Gasteiger partial charge on any atom is 0.226 e. The Bertz CT molecular complexity index is 888. The summed E-state index contributed by atoms with van der Waals surface area (Å²) in [7, 11) is 4.08. The van der Waals surface area contributed by atoms with Gasteiger partial charge in [-0.2, -0.15) is 0 Å². The Morgan fingerprint density at radius 2 is 1.82 bits per heavy atom. The van der Waals surface area contributed by atoms with E-state index in [2.05, 4.69) is 46.4 Å². The van der Waals surface area contributed by atoms with Gasteiger partial charge in [-0.05, 0) is 31.6 Å². The molecule has 3 rings (SSSR count). The number of thiazole rings is 1. The molecule has 0 radical (unpaired) electrons. The summed E-state index contributed by atoms with van der Waals surface area (Å²) in [6, 6.07) is 18.8. The third-order valence-electron chi connectivity index (χ3n) is 4.80. The van der Waals surface area contributed by atoms with Crippen molar-refractivity contribution in [2.45, 2.75) is 25.8 Å². The topological polar surface area (TPSA) is 45.2 Å². The van der Waals surface area contributed by atoms with Crippen LogP contribution in [0.1, 0.15) is 29.8 Å². The van der Waals surface area contributed by atoms with Gasteiger partial charge in [-0.3, -0.25) is 4.79 Å². The Kier molecular flexibility index (Phi) is 6.95. The molecule has 0 spiro atoms. The van der Waals surface area contributed by atoms with E-state index in [-0.39, 0.29) is 11.9 Å². The first-order valence-electron chi connectivity index (χ1n) is 9.58. The predicted molar refractivity (Wildman–Crippen MR) is 117 cm³/mol. The quantitative estimate of drug-likeness (QED) is 0.619. The molecule has 1 heterocycles. The summed E-state index contributed by atoms with van der Waals surface area (Å²) >= 11 is 1.57. The number of carbonyl (C=O) groups is 1. The fourth-order valence-electron chi connectivity index (χ4n) is 3.11. The van der Waals surface area contributed by atoms with Crippen LogP contribution in [0.3, 0.4) is 0 Å². The van der Waals surface area contributed by atoms with E-state index in [0.29, 0.717) is 13.0 Å². The molecule has 1 N–H and O–H groups in total. The minimum Gasteiger partial charge on any atom is -0.354 e. The number of amides is 1. The van der Waals surface area contributed by atoms with E-state index in [9.17, 15) is 4.79 Å². The van der Waals surface area contributed by atoms with Gasteiger partial charge in [0.2, 0.25) is 5.91 Å². The maximum absolute atomic E-state index is 12.5. The summed E-state index contributed by atoms with van der Waals surface area (Å²) in [5, 5.41) is 5.99. The van der Waals surface area contributed by atoms with Crippen LogP contribution in [0.25, 0.3) is 10.6 Å². The lowest BCUT2D eigenvalue weighted by atomic mass is 10.0. The third kappa shape index (κ3) is 5.27. The number of aryl methyl sites for hydroxylation is 1. The molecule has 1 atom stereocenters. The molecule has 146 valence electrons. The van der Waals surface area contributed by atoms with Gasteiger partial charge >= 0.3 is 0 Å². The van der Waals surface area contributed by atoms with Crippen LogP contribution in [0, 0.1) is 0 Å². The monoisotopic (exact) mass is 393 g/mol. The number of nitrogens with zero attached hydrogens (tertiary/aromatic N) is 2. The van der Waals surface area contributed by atoms with E-state index in [1.165, 1.54) is 11.1 Å². The highest BCUT2D eigenvalue weighted by Crippen LogP contribution is 2.23. The van der Waals surface area contributed by atoms with Crippen molar-refractivity contribution in [1.29, 1.82) is 0 Å². The van der Waals surface area contributed by atoms with Gasteiger partial charge < -0.3 is 10.2 Å². The molecule has 0 aliphatic rings. The minimum absolute atomic E-state index is 0.00180. The molecule has 5 heteroatoms. The molecule has 3 aromatic rings. The predicted octanol–water partition coefficient (Wildman–Crippen LogP) is 4.33. The van der Waals surface area contributed by atoms with Gasteiger partial charge in [0.05, 0.1) is 18.2 Å². The minimum atomic E-state index is 0.00180. The number of aromatic nitrogens is 1. The Morgan fingerprint density at radius 1 is 1.11 bits per heavy atom.